The number of amides is 1. The van der Waals surface area contributed by atoms with E-state index in [1.165, 1.54) is 30.3 Å². The van der Waals surface area contributed by atoms with Crippen LogP contribution >= 0.6 is 34.8 Å². The number of nitrogens with zero attached hydrogens (tertiary/aromatic N) is 2. The molecule has 9 heteroatoms. The minimum Gasteiger partial charge on any atom is -0.507 e. The number of carbonyl (C=O) groups is 2. The highest BCUT2D eigenvalue weighted by Gasteiger charge is 2.47. The van der Waals surface area contributed by atoms with Gasteiger partial charge in [0.15, 0.2) is 5.75 Å². The number of benzene rings is 2. The summed E-state index contributed by atoms with van der Waals surface area (Å²) in [7, 11) is 1.41. The monoisotopic (exact) mass is 502 g/mol. The largest absolute Gasteiger partial charge is 0.507 e. The smallest absolute Gasteiger partial charge is 0.300 e. The number of aliphatic hydroxyl groups excluding tert-OH is 1. The van der Waals surface area contributed by atoms with Gasteiger partial charge in [0.25, 0.3) is 11.7 Å². The lowest BCUT2D eigenvalue weighted by Crippen LogP contribution is -2.30. The Balaban J connectivity index is 1.98. The Hall–Kier alpha value is -3.06. The number of rotatable bonds is 4. The lowest BCUT2D eigenvalue weighted by Gasteiger charge is -2.26. The highest BCUT2D eigenvalue weighted by atomic mass is 35.5. The zero-order valence-corrected chi connectivity index (χ0v) is 19.7. The van der Waals surface area contributed by atoms with Gasteiger partial charge in [0.1, 0.15) is 5.76 Å². The van der Waals surface area contributed by atoms with Crippen LogP contribution in [0.3, 0.4) is 0 Å². The molecule has 1 N–H and O–H groups in total. The van der Waals surface area contributed by atoms with E-state index in [2.05, 4.69) is 4.98 Å². The number of aromatic nitrogens is 1. The Labute approximate surface area is 205 Å². The molecule has 2 heterocycles. The van der Waals surface area contributed by atoms with E-state index in [1.54, 1.807) is 43.5 Å². The molecule has 168 valence electrons. The van der Waals surface area contributed by atoms with Gasteiger partial charge in [-0.2, -0.15) is 0 Å². The summed E-state index contributed by atoms with van der Waals surface area (Å²) in [5, 5.41) is 11.9. The first kappa shape index (κ1) is 23.1. The number of anilines is 1. The van der Waals surface area contributed by atoms with Crippen molar-refractivity contribution in [3.63, 3.8) is 0 Å². The van der Waals surface area contributed by atoms with Gasteiger partial charge in [0, 0.05) is 28.7 Å². The molecule has 0 saturated carbocycles. The lowest BCUT2D eigenvalue weighted by atomic mass is 9.96. The van der Waals surface area contributed by atoms with Crippen LogP contribution in [-0.4, -0.2) is 28.9 Å². The molecule has 0 spiro atoms. The van der Waals surface area contributed by atoms with Crippen LogP contribution in [0.25, 0.3) is 5.76 Å². The summed E-state index contributed by atoms with van der Waals surface area (Å²) in [6.45, 7) is 1.75. The molecule has 1 fully saturated rings. The fourth-order valence-electron chi connectivity index (χ4n) is 3.84. The fraction of sp³-hybridized carbons (Fsp3) is 0.125. The Morgan fingerprint density at radius 3 is 2.36 bits per heavy atom. The van der Waals surface area contributed by atoms with Crippen LogP contribution in [0.2, 0.25) is 15.1 Å². The minimum atomic E-state index is -0.949. The molecule has 1 aromatic heterocycles. The maximum atomic E-state index is 13.2. The standard InChI is InChI=1S/C24H17Cl3N2O4/c1-12-15(25)6-3-7-18(12)29-20(13-5-4-8-28-11-13)19(22(31)24(29)32)21(30)14-9-16(26)23(33-2)17(27)10-14/h3-11,20,30H,1-2H3/b21-19+. The van der Waals surface area contributed by atoms with Crippen molar-refractivity contribution in [2.45, 2.75) is 13.0 Å². The van der Waals surface area contributed by atoms with Crippen molar-refractivity contribution in [2.75, 3.05) is 12.0 Å². The molecule has 1 saturated heterocycles. The van der Waals surface area contributed by atoms with Gasteiger partial charge in [0.2, 0.25) is 0 Å². The van der Waals surface area contributed by atoms with Crippen LogP contribution in [0, 0.1) is 6.92 Å². The van der Waals surface area contributed by atoms with Crippen molar-refractivity contribution in [3.05, 3.63) is 92.2 Å². The Kier molecular flexibility index (Phi) is 6.34. The summed E-state index contributed by atoms with van der Waals surface area (Å²) in [5.74, 6) is -1.85. The second-order valence-corrected chi connectivity index (χ2v) is 8.53. The average Bonchev–Trinajstić information content (AvgIpc) is 3.06. The van der Waals surface area contributed by atoms with Crippen molar-refractivity contribution < 1.29 is 19.4 Å². The van der Waals surface area contributed by atoms with Gasteiger partial charge in [0.05, 0.1) is 28.8 Å². The quantitative estimate of drug-likeness (QED) is 0.269. The third-order valence-electron chi connectivity index (χ3n) is 5.42. The van der Waals surface area contributed by atoms with Crippen molar-refractivity contribution >= 4 is 57.9 Å². The highest BCUT2D eigenvalue weighted by Crippen LogP contribution is 2.45. The van der Waals surface area contributed by atoms with Crippen molar-refractivity contribution in [1.82, 2.24) is 4.98 Å². The first-order chi connectivity index (χ1) is 15.8. The zero-order valence-electron chi connectivity index (χ0n) is 17.5. The molecule has 1 amide bonds. The second kappa shape index (κ2) is 9.06. The van der Waals surface area contributed by atoms with E-state index in [-0.39, 0.29) is 26.9 Å². The first-order valence-corrected chi connectivity index (χ1v) is 10.9. The van der Waals surface area contributed by atoms with Crippen molar-refractivity contribution in [2.24, 2.45) is 0 Å². The molecule has 1 atom stereocenters. The van der Waals surface area contributed by atoms with Gasteiger partial charge in [-0.15, -0.1) is 0 Å². The van der Waals surface area contributed by atoms with Crippen LogP contribution < -0.4 is 9.64 Å². The van der Waals surface area contributed by atoms with Gasteiger partial charge in [-0.3, -0.25) is 19.5 Å². The fourth-order valence-corrected chi connectivity index (χ4v) is 4.65. The molecule has 0 aliphatic carbocycles. The molecule has 3 aromatic rings. The molecule has 0 bridgehead atoms. The molecule has 1 unspecified atom stereocenters. The number of halogens is 3. The molecular formula is C24H17Cl3N2O4. The number of pyridine rings is 1. The third kappa shape index (κ3) is 3.95. The minimum absolute atomic E-state index is 0.121. The van der Waals surface area contributed by atoms with Crippen LogP contribution in [-0.2, 0) is 9.59 Å². The van der Waals surface area contributed by atoms with Crippen LogP contribution in [0.1, 0.15) is 22.7 Å². The maximum absolute atomic E-state index is 13.2. The summed E-state index contributed by atoms with van der Waals surface area (Å²) in [6.07, 6.45) is 3.11. The highest BCUT2D eigenvalue weighted by molar-refractivity contribution is 6.52. The van der Waals surface area contributed by atoms with Gasteiger partial charge < -0.3 is 9.84 Å². The average molecular weight is 504 g/mol. The van der Waals surface area contributed by atoms with E-state index < -0.39 is 23.5 Å². The van der Waals surface area contributed by atoms with E-state index in [0.29, 0.717) is 21.8 Å². The topological polar surface area (TPSA) is 79.7 Å². The van der Waals surface area contributed by atoms with Gasteiger partial charge in [-0.1, -0.05) is 46.9 Å². The van der Waals surface area contributed by atoms with Gasteiger partial charge in [-0.05, 0) is 48.4 Å². The SMILES string of the molecule is COc1c(Cl)cc(/C(O)=C2\C(=O)C(=O)N(c3cccc(Cl)c3C)C2c2cccnc2)cc1Cl. The van der Waals surface area contributed by atoms with E-state index >= 15 is 0 Å². The second-order valence-electron chi connectivity index (χ2n) is 7.31. The van der Waals surface area contributed by atoms with E-state index in [4.69, 9.17) is 39.5 Å². The molecule has 2 aromatic carbocycles. The lowest BCUT2D eigenvalue weighted by molar-refractivity contribution is -0.132. The predicted octanol–water partition coefficient (Wildman–Crippen LogP) is 5.99. The predicted molar refractivity (Wildman–Crippen MR) is 128 cm³/mol. The normalized spacial score (nSPS) is 17.5. The van der Waals surface area contributed by atoms with E-state index in [9.17, 15) is 14.7 Å². The van der Waals surface area contributed by atoms with Gasteiger partial charge >= 0.3 is 0 Å². The number of Topliss-reactive ketones (excluding diaryl/α,β-unsaturated/α-hetero) is 1. The van der Waals surface area contributed by atoms with Crippen LogP contribution in [0.4, 0.5) is 5.69 Å². The first-order valence-electron chi connectivity index (χ1n) is 9.75. The van der Waals surface area contributed by atoms with Crippen molar-refractivity contribution in [1.29, 1.82) is 0 Å². The van der Waals surface area contributed by atoms with Crippen LogP contribution in [0.15, 0.2) is 60.4 Å². The zero-order chi connectivity index (χ0) is 23.9. The summed E-state index contributed by atoms with van der Waals surface area (Å²) in [5.41, 5.74) is 1.64. The summed E-state index contributed by atoms with van der Waals surface area (Å²) in [6, 6.07) is 10.4. The van der Waals surface area contributed by atoms with Crippen molar-refractivity contribution in [3.8, 4) is 5.75 Å². The summed E-state index contributed by atoms with van der Waals surface area (Å²) in [4.78, 5) is 31.9. The molecule has 33 heavy (non-hydrogen) atoms. The Bertz CT molecular complexity index is 1290. The summed E-state index contributed by atoms with van der Waals surface area (Å²) < 4.78 is 5.15. The number of ether oxygens (including phenoxy) is 1. The molecule has 4 rings (SSSR count). The maximum Gasteiger partial charge on any atom is 0.300 e. The van der Waals surface area contributed by atoms with Crippen LogP contribution in [0.5, 0.6) is 5.75 Å². The van der Waals surface area contributed by atoms with E-state index in [1.807, 2.05) is 0 Å². The third-order valence-corrected chi connectivity index (χ3v) is 6.39. The Morgan fingerprint density at radius 1 is 1.06 bits per heavy atom. The van der Waals surface area contributed by atoms with Gasteiger partial charge in [-0.25, -0.2) is 0 Å². The van der Waals surface area contributed by atoms with E-state index in [0.717, 1.165) is 0 Å². The number of ketones is 1. The number of hydrogen-bond acceptors (Lipinski definition) is 5. The Morgan fingerprint density at radius 2 is 1.76 bits per heavy atom. The number of carbonyl (C=O) groups excluding carboxylic acids is 2. The summed E-state index contributed by atoms with van der Waals surface area (Å²) >= 11 is 18.8. The molecular weight excluding hydrogens is 487 g/mol. The number of aliphatic hydroxyl groups is 1. The number of methoxy groups -OCH3 is 1. The molecule has 1 aliphatic heterocycles. The molecule has 6 nitrogen and oxygen atoms in total. The molecule has 0 radical (unpaired) electrons. The number of hydrogen-bond donors (Lipinski definition) is 1. The molecule has 1 aliphatic rings.